The summed E-state index contributed by atoms with van der Waals surface area (Å²) in [7, 11) is 3.02. The molecule has 1 aromatic carbocycles. The van der Waals surface area contributed by atoms with Crippen LogP contribution in [0.4, 0.5) is 0 Å². The van der Waals surface area contributed by atoms with Crippen molar-refractivity contribution >= 4 is 11.7 Å². The highest BCUT2D eigenvalue weighted by atomic mass is 16.5. The zero-order valence-corrected chi connectivity index (χ0v) is 14.7. The average molecular weight is 342 g/mol. The lowest BCUT2D eigenvalue weighted by molar-refractivity contribution is 0.0961. The van der Waals surface area contributed by atoms with Crippen LogP contribution in [0, 0.1) is 0 Å². The fourth-order valence-corrected chi connectivity index (χ4v) is 2.54. The summed E-state index contributed by atoms with van der Waals surface area (Å²) in [6, 6.07) is 8.68. The zero-order chi connectivity index (χ0) is 18.4. The van der Waals surface area contributed by atoms with E-state index in [-0.39, 0.29) is 17.9 Å². The highest BCUT2D eigenvalue weighted by Gasteiger charge is 2.16. The van der Waals surface area contributed by atoms with E-state index in [9.17, 15) is 14.4 Å². The maximum absolute atomic E-state index is 12.6. The standard InChI is InChI=1S/C19H22N2O4/c1-4-6-17(22)14-10-16(18(23)20-2)19(24)21(12-14)11-13-7-5-8-15(9-13)25-3/h5,7-10,12H,4,6,11H2,1-3H3,(H,20,23). The summed E-state index contributed by atoms with van der Waals surface area (Å²) in [6.45, 7) is 2.15. The molecule has 0 aliphatic rings. The molecular weight excluding hydrogens is 320 g/mol. The molecule has 1 amide bonds. The molecule has 1 heterocycles. The number of methoxy groups -OCH3 is 1. The van der Waals surface area contributed by atoms with Crippen LogP contribution in [0.1, 0.15) is 46.0 Å². The SMILES string of the molecule is CCCC(=O)c1cc(C(=O)NC)c(=O)n(Cc2cccc(OC)c2)c1. The van der Waals surface area contributed by atoms with Crippen LogP contribution in [-0.2, 0) is 6.54 Å². The Balaban J connectivity index is 2.51. The molecular formula is C19H22N2O4. The molecule has 1 N–H and O–H groups in total. The number of ketones is 1. The summed E-state index contributed by atoms with van der Waals surface area (Å²) >= 11 is 0. The van der Waals surface area contributed by atoms with E-state index in [0.717, 1.165) is 5.56 Å². The molecule has 6 heteroatoms. The van der Waals surface area contributed by atoms with Crippen LogP contribution in [0.25, 0.3) is 0 Å². The summed E-state index contributed by atoms with van der Waals surface area (Å²) in [5, 5.41) is 2.45. The molecule has 0 radical (unpaired) electrons. The van der Waals surface area contributed by atoms with Crippen molar-refractivity contribution in [3.63, 3.8) is 0 Å². The number of nitrogens with zero attached hydrogens (tertiary/aromatic N) is 1. The van der Waals surface area contributed by atoms with E-state index >= 15 is 0 Å². The van der Waals surface area contributed by atoms with Crippen molar-refractivity contribution in [3.05, 3.63) is 63.6 Å². The molecule has 2 rings (SSSR count). The highest BCUT2D eigenvalue weighted by molar-refractivity contribution is 6.00. The molecule has 132 valence electrons. The van der Waals surface area contributed by atoms with Gasteiger partial charge >= 0.3 is 0 Å². The van der Waals surface area contributed by atoms with Crippen molar-refractivity contribution in [2.75, 3.05) is 14.2 Å². The number of rotatable bonds is 7. The summed E-state index contributed by atoms with van der Waals surface area (Å²) in [4.78, 5) is 36.9. The van der Waals surface area contributed by atoms with Gasteiger partial charge in [0.1, 0.15) is 11.3 Å². The minimum absolute atomic E-state index is 0.0349. The Labute approximate surface area is 146 Å². The Morgan fingerprint density at radius 1 is 1.24 bits per heavy atom. The van der Waals surface area contributed by atoms with Gasteiger partial charge in [-0.15, -0.1) is 0 Å². The molecule has 0 saturated heterocycles. The van der Waals surface area contributed by atoms with Gasteiger partial charge in [-0.2, -0.15) is 0 Å². The first-order valence-corrected chi connectivity index (χ1v) is 8.12. The van der Waals surface area contributed by atoms with Crippen molar-refractivity contribution in [1.29, 1.82) is 0 Å². The van der Waals surface area contributed by atoms with Gasteiger partial charge in [0.15, 0.2) is 5.78 Å². The molecule has 0 bridgehead atoms. The third-order valence-corrected chi connectivity index (χ3v) is 3.84. The van der Waals surface area contributed by atoms with Gasteiger partial charge < -0.3 is 14.6 Å². The summed E-state index contributed by atoms with van der Waals surface area (Å²) in [6.07, 6.45) is 2.58. The first-order chi connectivity index (χ1) is 12.0. The summed E-state index contributed by atoms with van der Waals surface area (Å²) in [5.74, 6) is 0.0814. The lowest BCUT2D eigenvalue weighted by atomic mass is 10.1. The molecule has 0 aliphatic heterocycles. The van der Waals surface area contributed by atoms with Crippen LogP contribution < -0.4 is 15.6 Å². The van der Waals surface area contributed by atoms with E-state index in [2.05, 4.69) is 5.32 Å². The predicted molar refractivity (Wildman–Crippen MR) is 95.4 cm³/mol. The van der Waals surface area contributed by atoms with Crippen LogP contribution in [0.15, 0.2) is 41.3 Å². The van der Waals surface area contributed by atoms with E-state index in [4.69, 9.17) is 4.74 Å². The Kier molecular flexibility index (Phi) is 6.11. The smallest absolute Gasteiger partial charge is 0.263 e. The number of aromatic nitrogens is 1. The average Bonchev–Trinajstić information content (AvgIpc) is 2.63. The first kappa shape index (κ1) is 18.4. The molecule has 0 unspecified atom stereocenters. The van der Waals surface area contributed by atoms with Crippen LogP contribution in [0.3, 0.4) is 0 Å². The minimum Gasteiger partial charge on any atom is -0.497 e. The van der Waals surface area contributed by atoms with Gasteiger partial charge in [0.25, 0.3) is 11.5 Å². The number of ether oxygens (including phenoxy) is 1. The van der Waals surface area contributed by atoms with E-state index in [0.29, 0.717) is 24.2 Å². The van der Waals surface area contributed by atoms with E-state index < -0.39 is 11.5 Å². The molecule has 2 aromatic rings. The van der Waals surface area contributed by atoms with Crippen molar-refractivity contribution < 1.29 is 14.3 Å². The Morgan fingerprint density at radius 2 is 2.00 bits per heavy atom. The molecule has 0 fully saturated rings. The Bertz CT molecular complexity index is 840. The lowest BCUT2D eigenvalue weighted by Crippen LogP contribution is -2.32. The Morgan fingerprint density at radius 3 is 2.64 bits per heavy atom. The number of carbonyl (C=O) groups is 2. The van der Waals surface area contributed by atoms with Crippen molar-refractivity contribution in [2.45, 2.75) is 26.3 Å². The summed E-state index contributed by atoms with van der Waals surface area (Å²) in [5.41, 5.74) is 0.731. The normalized spacial score (nSPS) is 10.4. The van der Waals surface area contributed by atoms with Crippen LogP contribution in [0.5, 0.6) is 5.75 Å². The second-order valence-corrected chi connectivity index (χ2v) is 5.68. The monoisotopic (exact) mass is 342 g/mol. The third kappa shape index (κ3) is 4.35. The number of pyridine rings is 1. The topological polar surface area (TPSA) is 77.4 Å². The molecule has 0 spiro atoms. The van der Waals surface area contributed by atoms with Crippen LogP contribution in [-0.4, -0.2) is 30.4 Å². The van der Waals surface area contributed by atoms with Crippen molar-refractivity contribution in [3.8, 4) is 5.75 Å². The molecule has 0 aliphatic carbocycles. The lowest BCUT2D eigenvalue weighted by Gasteiger charge is -2.12. The maximum Gasteiger partial charge on any atom is 0.263 e. The maximum atomic E-state index is 12.6. The van der Waals surface area contributed by atoms with E-state index in [1.165, 1.54) is 23.9 Å². The van der Waals surface area contributed by atoms with Gasteiger partial charge in [0, 0.05) is 25.2 Å². The van der Waals surface area contributed by atoms with Crippen molar-refractivity contribution in [1.82, 2.24) is 9.88 Å². The molecule has 25 heavy (non-hydrogen) atoms. The minimum atomic E-state index is -0.504. The number of amides is 1. The number of hydrogen-bond acceptors (Lipinski definition) is 4. The van der Waals surface area contributed by atoms with Crippen molar-refractivity contribution in [2.24, 2.45) is 0 Å². The third-order valence-electron chi connectivity index (χ3n) is 3.84. The van der Waals surface area contributed by atoms with E-state index in [1.54, 1.807) is 7.11 Å². The fourth-order valence-electron chi connectivity index (χ4n) is 2.54. The fraction of sp³-hybridized carbons (Fsp3) is 0.316. The zero-order valence-electron chi connectivity index (χ0n) is 14.7. The largest absolute Gasteiger partial charge is 0.497 e. The van der Waals surface area contributed by atoms with Gasteiger partial charge in [0.05, 0.1) is 13.7 Å². The number of carbonyl (C=O) groups excluding carboxylic acids is 2. The van der Waals surface area contributed by atoms with Gasteiger partial charge in [-0.1, -0.05) is 19.1 Å². The van der Waals surface area contributed by atoms with Gasteiger partial charge in [-0.25, -0.2) is 0 Å². The van der Waals surface area contributed by atoms with Gasteiger partial charge in [-0.3, -0.25) is 14.4 Å². The van der Waals surface area contributed by atoms with E-state index in [1.807, 2.05) is 31.2 Å². The van der Waals surface area contributed by atoms with Crippen LogP contribution in [0.2, 0.25) is 0 Å². The number of benzene rings is 1. The quantitative estimate of drug-likeness (QED) is 0.783. The van der Waals surface area contributed by atoms with Gasteiger partial charge in [0.2, 0.25) is 0 Å². The Hall–Kier alpha value is -2.89. The first-order valence-electron chi connectivity index (χ1n) is 8.12. The number of hydrogen-bond donors (Lipinski definition) is 1. The van der Waals surface area contributed by atoms with Crippen LogP contribution >= 0.6 is 0 Å². The molecule has 0 saturated carbocycles. The molecule has 1 aromatic heterocycles. The number of Topliss-reactive ketones (excluding diaryl/α,β-unsaturated/α-hetero) is 1. The second-order valence-electron chi connectivity index (χ2n) is 5.68. The van der Waals surface area contributed by atoms with Gasteiger partial charge in [-0.05, 0) is 30.2 Å². The predicted octanol–water partition coefficient (Wildman–Crippen LogP) is 2.25. The molecule has 6 nitrogen and oxygen atoms in total. The highest BCUT2D eigenvalue weighted by Crippen LogP contribution is 2.14. The number of nitrogens with one attached hydrogen (secondary N) is 1. The summed E-state index contributed by atoms with van der Waals surface area (Å²) < 4.78 is 6.58. The second kappa shape index (κ2) is 8.28. The molecule has 0 atom stereocenters.